The van der Waals surface area contributed by atoms with Crippen LogP contribution >= 0.6 is 0 Å². The normalized spacial score (nSPS) is 11.1. The third kappa shape index (κ3) is 6.27. The molecule has 1 aromatic heterocycles. The molecule has 5 aromatic rings. The second-order valence-electron chi connectivity index (χ2n) is 8.88. The van der Waals surface area contributed by atoms with E-state index >= 15 is 0 Å². The minimum Gasteiger partial charge on any atom is -0.537 e. The van der Waals surface area contributed by atoms with E-state index in [1.54, 1.807) is 66.7 Å². The first kappa shape index (κ1) is 31.8. The zero-order valence-corrected chi connectivity index (χ0v) is 24.9. The van der Waals surface area contributed by atoms with Crippen LogP contribution < -0.4 is 15.0 Å². The maximum atomic E-state index is 13.5. The van der Waals surface area contributed by atoms with Crippen LogP contribution in [0.2, 0.25) is 0 Å². The van der Waals surface area contributed by atoms with Crippen LogP contribution in [0.5, 0.6) is 17.4 Å². The summed E-state index contributed by atoms with van der Waals surface area (Å²) in [5, 5.41) is 19.2. The van der Waals surface area contributed by atoms with Gasteiger partial charge in [-0.3, -0.25) is 4.79 Å². The van der Waals surface area contributed by atoms with E-state index in [-0.39, 0.29) is 44.7 Å². The molecule has 12 nitrogen and oxygen atoms in total. The molecular weight excluding hydrogens is 638 g/mol. The zero-order valence-electron chi connectivity index (χ0n) is 23.2. The first-order valence-electron chi connectivity index (χ1n) is 12.7. The molecule has 0 aliphatic carbocycles. The smallest absolute Gasteiger partial charge is 0.537 e. The first-order valence-corrected chi connectivity index (χ1v) is 14.1. The van der Waals surface area contributed by atoms with Gasteiger partial charge in [0.1, 0.15) is 21.5 Å². The van der Waals surface area contributed by atoms with Gasteiger partial charge in [0.25, 0.3) is 0 Å². The number of nitrogens with zero attached hydrogens (tertiary/aromatic N) is 5. The fourth-order valence-corrected chi connectivity index (χ4v) is 5.30. The van der Waals surface area contributed by atoms with Gasteiger partial charge in [-0.2, -0.15) is 0 Å². The summed E-state index contributed by atoms with van der Waals surface area (Å²) in [5.41, 5.74) is -0.433. The molecule has 1 N–H and O–H groups in total. The van der Waals surface area contributed by atoms with Gasteiger partial charge in [-0.25, -0.2) is 17.8 Å². The molecule has 0 aliphatic rings. The summed E-state index contributed by atoms with van der Waals surface area (Å²) < 4.78 is 42.4. The minimum absolute atomic E-state index is 0. The second kappa shape index (κ2) is 13.4. The number of aromatic hydroxyl groups is 1. The van der Waals surface area contributed by atoms with E-state index in [0.717, 1.165) is 0 Å². The average Bonchev–Trinajstić information content (AvgIpc) is 3.28. The van der Waals surface area contributed by atoms with Crippen LogP contribution in [0, 0.1) is 0 Å². The van der Waals surface area contributed by atoms with Crippen molar-refractivity contribution in [2.45, 2.75) is 4.90 Å². The molecule has 0 atom stereocenters. The number of azo groups is 1. The summed E-state index contributed by atoms with van der Waals surface area (Å²) in [5.74, 6) is -1.43. The summed E-state index contributed by atoms with van der Waals surface area (Å²) in [6.07, 6.45) is 0. The van der Waals surface area contributed by atoms with E-state index in [4.69, 9.17) is 9.47 Å². The standard InChI is InChI=1S/C30H25N5O7S.Cu/c1-41-22-17-18-25(42-2)26(19-22)43(39,40)33-28(36)23-15-9-10-16-24(23)31-32-27-29(37)34(20-11-5-3-6-12-20)35(30(27)38)21-13-7-4-8-14-21;/h3-19H,1-2H3,(H2,31,33,36,37,38);/q;+1/p-1. The SMILES string of the molecule is COc1ccc(OC)c(S(=O)(=O)[N-]C(=O)c2ccccc2N=Nc2c(O)n(-c3ccccc3)n(-c3ccccc3)c2=O)c1.[Cu+]. The number of rotatable bonds is 9. The molecule has 0 saturated carbocycles. The number of ether oxygens (including phenoxy) is 2. The van der Waals surface area contributed by atoms with E-state index in [2.05, 4.69) is 15.0 Å². The molecule has 5 rings (SSSR count). The predicted molar refractivity (Wildman–Crippen MR) is 158 cm³/mol. The van der Waals surface area contributed by atoms with E-state index in [1.807, 2.05) is 0 Å². The van der Waals surface area contributed by atoms with Gasteiger partial charge >= 0.3 is 22.6 Å². The van der Waals surface area contributed by atoms with E-state index in [9.17, 15) is 23.1 Å². The molecule has 1 heterocycles. The molecule has 0 fully saturated rings. The number of aromatic nitrogens is 2. The summed E-state index contributed by atoms with van der Waals surface area (Å²) in [4.78, 5) is 26.3. The summed E-state index contributed by atoms with van der Waals surface area (Å²) in [6.45, 7) is 0. The topological polar surface area (TPSA) is 156 Å². The van der Waals surface area contributed by atoms with Gasteiger partial charge in [0.15, 0.2) is 0 Å². The van der Waals surface area contributed by atoms with Gasteiger partial charge < -0.3 is 24.1 Å². The Morgan fingerprint density at radius 1 is 0.795 bits per heavy atom. The molecule has 0 spiro atoms. The number of para-hydroxylation sites is 2. The summed E-state index contributed by atoms with van der Waals surface area (Å²) in [6, 6.07) is 27.1. The van der Waals surface area contributed by atoms with Crippen LogP contribution in [-0.4, -0.2) is 43.0 Å². The summed E-state index contributed by atoms with van der Waals surface area (Å²) in [7, 11) is -1.90. The van der Waals surface area contributed by atoms with Crippen LogP contribution in [0.15, 0.2) is 123 Å². The maximum absolute atomic E-state index is 13.5. The van der Waals surface area contributed by atoms with Crippen LogP contribution in [0.1, 0.15) is 10.4 Å². The molecule has 228 valence electrons. The number of hydrogen-bond acceptors (Lipinski definition) is 9. The number of methoxy groups -OCH3 is 2. The average molecular weight is 662 g/mol. The number of sulfonamides is 1. The van der Waals surface area contributed by atoms with E-state index in [1.165, 1.54) is 60.0 Å². The molecule has 44 heavy (non-hydrogen) atoms. The Morgan fingerprint density at radius 2 is 1.39 bits per heavy atom. The predicted octanol–water partition coefficient (Wildman–Crippen LogP) is 5.67. The van der Waals surface area contributed by atoms with Gasteiger partial charge in [-0.1, -0.05) is 54.6 Å². The van der Waals surface area contributed by atoms with Crippen molar-refractivity contribution in [3.63, 3.8) is 0 Å². The monoisotopic (exact) mass is 661 g/mol. The van der Waals surface area contributed by atoms with Gasteiger partial charge in [-0.15, -0.1) is 10.2 Å². The van der Waals surface area contributed by atoms with Crippen molar-refractivity contribution in [3.8, 4) is 28.8 Å². The first-order chi connectivity index (χ1) is 20.7. The number of benzene rings is 4. The molecule has 0 aliphatic heterocycles. The van der Waals surface area contributed by atoms with Crippen molar-refractivity contribution in [3.05, 3.63) is 124 Å². The maximum Gasteiger partial charge on any atom is 1.00 e. The second-order valence-corrected chi connectivity index (χ2v) is 10.5. The molecule has 0 unspecified atom stereocenters. The fourth-order valence-electron chi connectivity index (χ4n) is 4.22. The Balaban J connectivity index is 0.00000442. The molecule has 4 aromatic carbocycles. The van der Waals surface area contributed by atoms with Gasteiger partial charge in [-0.05, 0) is 42.5 Å². The Kier molecular flexibility index (Phi) is 9.69. The molecule has 1 amide bonds. The van der Waals surface area contributed by atoms with Crippen LogP contribution in [-0.2, 0) is 27.1 Å². The number of carbonyl (C=O) groups excluding carboxylic acids is 1. The van der Waals surface area contributed by atoms with Crippen molar-refractivity contribution in [1.29, 1.82) is 0 Å². The molecule has 14 heteroatoms. The van der Waals surface area contributed by atoms with Crippen molar-refractivity contribution < 1.29 is 44.9 Å². The van der Waals surface area contributed by atoms with Gasteiger partial charge in [0, 0.05) is 11.6 Å². The number of carbonyl (C=O) groups is 1. The van der Waals surface area contributed by atoms with E-state index < -0.39 is 33.1 Å². The van der Waals surface area contributed by atoms with Crippen molar-refractivity contribution in [2.75, 3.05) is 14.2 Å². The summed E-state index contributed by atoms with van der Waals surface area (Å²) >= 11 is 0. The Labute approximate surface area is 262 Å². The number of hydrogen-bond donors (Lipinski definition) is 1. The molecule has 0 radical (unpaired) electrons. The Morgan fingerprint density at radius 3 is 2.00 bits per heavy atom. The van der Waals surface area contributed by atoms with Crippen molar-refractivity contribution in [1.82, 2.24) is 9.36 Å². The van der Waals surface area contributed by atoms with Crippen LogP contribution in [0.4, 0.5) is 11.4 Å². The van der Waals surface area contributed by atoms with Crippen molar-refractivity contribution in [2.24, 2.45) is 10.2 Å². The van der Waals surface area contributed by atoms with Gasteiger partial charge in [0.2, 0.25) is 11.6 Å². The van der Waals surface area contributed by atoms with Crippen LogP contribution in [0.3, 0.4) is 0 Å². The van der Waals surface area contributed by atoms with Crippen molar-refractivity contribution >= 4 is 27.3 Å². The minimum atomic E-state index is -4.54. The molecule has 0 saturated heterocycles. The van der Waals surface area contributed by atoms with Gasteiger partial charge in [0.05, 0.1) is 42.1 Å². The molecule has 0 bridgehead atoms. The Hall–Kier alpha value is -5.17. The number of amides is 1. The third-order valence-electron chi connectivity index (χ3n) is 6.25. The fraction of sp³-hybridized carbons (Fsp3) is 0.0667. The Bertz CT molecular complexity index is 1990. The zero-order chi connectivity index (χ0) is 30.6. The van der Waals surface area contributed by atoms with E-state index in [0.29, 0.717) is 11.4 Å². The largest absolute Gasteiger partial charge is 1.00 e. The third-order valence-corrected chi connectivity index (χ3v) is 7.53. The quantitative estimate of drug-likeness (QED) is 0.158. The van der Waals surface area contributed by atoms with Crippen LogP contribution in [0.25, 0.3) is 16.1 Å². The molecular formula is C30H24CuN5O7S.